The second-order valence-electron chi connectivity index (χ2n) is 6.39. The summed E-state index contributed by atoms with van der Waals surface area (Å²) in [4.78, 5) is 11.9. The van der Waals surface area contributed by atoms with Crippen molar-refractivity contribution in [2.45, 2.75) is 44.6 Å². The van der Waals surface area contributed by atoms with E-state index < -0.39 is 0 Å². The van der Waals surface area contributed by atoms with Crippen LogP contribution in [0.25, 0.3) is 0 Å². The van der Waals surface area contributed by atoms with Crippen molar-refractivity contribution >= 4 is 5.82 Å². The quantitative estimate of drug-likeness (QED) is 0.924. The first kappa shape index (κ1) is 14.7. The van der Waals surface area contributed by atoms with Gasteiger partial charge in [0.15, 0.2) is 0 Å². The zero-order valence-electron chi connectivity index (χ0n) is 13.1. The lowest BCUT2D eigenvalue weighted by molar-refractivity contribution is 0.0904. The Kier molecular flexibility index (Phi) is 4.70. The van der Waals surface area contributed by atoms with Gasteiger partial charge in [-0.05, 0) is 46.2 Å². The topological polar surface area (TPSA) is 50.3 Å². The van der Waals surface area contributed by atoms with E-state index in [0.717, 1.165) is 49.9 Å². The number of ether oxygens (including phenoxy) is 1. The van der Waals surface area contributed by atoms with E-state index in [1.807, 2.05) is 0 Å². The zero-order chi connectivity index (χ0) is 14.7. The van der Waals surface area contributed by atoms with E-state index in [4.69, 9.17) is 9.72 Å². The number of likely N-dealkylation sites (N-methyl/N-ethyl adjacent to an activating group) is 1. The van der Waals surface area contributed by atoms with Gasteiger partial charge in [0, 0.05) is 43.5 Å². The summed E-state index contributed by atoms with van der Waals surface area (Å²) < 4.78 is 5.41. The highest BCUT2D eigenvalue weighted by Crippen LogP contribution is 2.25. The van der Waals surface area contributed by atoms with Gasteiger partial charge in [-0.3, -0.25) is 0 Å². The molecule has 1 aromatic rings. The van der Waals surface area contributed by atoms with E-state index >= 15 is 0 Å². The summed E-state index contributed by atoms with van der Waals surface area (Å²) in [5, 5.41) is 3.57. The lowest BCUT2D eigenvalue weighted by Crippen LogP contribution is -2.32. The third-order valence-corrected chi connectivity index (χ3v) is 4.43. The first-order valence-corrected chi connectivity index (χ1v) is 8.09. The third-order valence-electron chi connectivity index (χ3n) is 4.43. The van der Waals surface area contributed by atoms with Crippen LogP contribution >= 0.6 is 0 Å². The van der Waals surface area contributed by atoms with Crippen LogP contribution in [-0.4, -0.2) is 54.3 Å². The largest absolute Gasteiger partial charge is 0.381 e. The summed E-state index contributed by atoms with van der Waals surface area (Å²) in [5.74, 6) is 2.47. The van der Waals surface area contributed by atoms with Gasteiger partial charge in [-0.1, -0.05) is 0 Å². The number of anilines is 1. The third kappa shape index (κ3) is 3.92. The van der Waals surface area contributed by atoms with Gasteiger partial charge in [0.2, 0.25) is 0 Å². The molecule has 2 aliphatic rings. The standard InChI is InChI=1S/C16H26N4O/c1-12-10-15(18-14-5-8-21-9-6-14)19-16(17-12)13-4-3-7-20(2)11-13/h10,13-14H,3-9,11H2,1-2H3,(H,17,18,19)/t13-/m0/s1. The molecule has 0 saturated carbocycles. The number of aryl methyl sites for hydroxylation is 1. The molecule has 0 bridgehead atoms. The lowest BCUT2D eigenvalue weighted by atomic mass is 9.97. The van der Waals surface area contributed by atoms with Crippen LogP contribution in [0, 0.1) is 6.92 Å². The second-order valence-corrected chi connectivity index (χ2v) is 6.39. The Morgan fingerprint density at radius 2 is 2.05 bits per heavy atom. The molecule has 0 aliphatic carbocycles. The van der Waals surface area contributed by atoms with Gasteiger partial charge < -0.3 is 15.0 Å². The van der Waals surface area contributed by atoms with Gasteiger partial charge in [0.1, 0.15) is 11.6 Å². The van der Waals surface area contributed by atoms with Crippen molar-refractivity contribution in [2.24, 2.45) is 0 Å². The maximum Gasteiger partial charge on any atom is 0.135 e. The minimum atomic E-state index is 0.471. The summed E-state index contributed by atoms with van der Waals surface area (Å²) in [5.41, 5.74) is 1.06. The fourth-order valence-corrected chi connectivity index (χ4v) is 3.28. The molecular formula is C16H26N4O. The number of piperidine rings is 1. The van der Waals surface area contributed by atoms with Gasteiger partial charge in [0.25, 0.3) is 0 Å². The van der Waals surface area contributed by atoms with Gasteiger partial charge in [-0.2, -0.15) is 0 Å². The van der Waals surface area contributed by atoms with Crippen molar-refractivity contribution in [3.63, 3.8) is 0 Å². The molecule has 0 radical (unpaired) electrons. The van der Waals surface area contributed by atoms with Crippen LogP contribution in [0.5, 0.6) is 0 Å². The maximum absolute atomic E-state index is 5.41. The first-order valence-electron chi connectivity index (χ1n) is 8.09. The zero-order valence-corrected chi connectivity index (χ0v) is 13.1. The predicted octanol–water partition coefficient (Wildman–Crippen LogP) is 2.19. The number of hydrogen-bond donors (Lipinski definition) is 1. The lowest BCUT2D eigenvalue weighted by Gasteiger charge is -2.29. The van der Waals surface area contributed by atoms with Crippen LogP contribution < -0.4 is 5.32 Å². The number of nitrogens with zero attached hydrogens (tertiary/aromatic N) is 3. The van der Waals surface area contributed by atoms with E-state index in [1.165, 1.54) is 19.4 Å². The average Bonchev–Trinajstić information content (AvgIpc) is 2.48. The Balaban J connectivity index is 1.72. The van der Waals surface area contributed by atoms with Crippen molar-refractivity contribution in [3.8, 4) is 0 Å². The Bertz CT molecular complexity index is 473. The molecule has 0 spiro atoms. The van der Waals surface area contributed by atoms with E-state index in [-0.39, 0.29) is 0 Å². The molecular weight excluding hydrogens is 264 g/mol. The van der Waals surface area contributed by atoms with Crippen LogP contribution in [0.4, 0.5) is 5.82 Å². The molecule has 3 rings (SSSR count). The van der Waals surface area contributed by atoms with Crippen LogP contribution in [0.1, 0.15) is 43.1 Å². The van der Waals surface area contributed by atoms with Crippen molar-refractivity contribution in [3.05, 3.63) is 17.6 Å². The molecule has 0 unspecified atom stereocenters. The monoisotopic (exact) mass is 290 g/mol. The number of nitrogens with one attached hydrogen (secondary N) is 1. The van der Waals surface area contributed by atoms with Gasteiger partial charge in [-0.25, -0.2) is 9.97 Å². The molecule has 1 atom stereocenters. The molecule has 2 fully saturated rings. The van der Waals surface area contributed by atoms with E-state index in [1.54, 1.807) is 0 Å². The van der Waals surface area contributed by atoms with Crippen molar-refractivity contribution < 1.29 is 4.74 Å². The van der Waals surface area contributed by atoms with Crippen LogP contribution in [0.3, 0.4) is 0 Å². The molecule has 5 nitrogen and oxygen atoms in total. The Morgan fingerprint density at radius 1 is 1.24 bits per heavy atom. The summed E-state index contributed by atoms with van der Waals surface area (Å²) in [6.45, 7) is 6.02. The maximum atomic E-state index is 5.41. The number of aromatic nitrogens is 2. The highest BCUT2D eigenvalue weighted by Gasteiger charge is 2.22. The molecule has 3 heterocycles. The molecule has 2 aliphatic heterocycles. The molecule has 116 valence electrons. The van der Waals surface area contributed by atoms with Gasteiger partial charge in [0.05, 0.1) is 0 Å². The summed E-state index contributed by atoms with van der Waals surface area (Å²) >= 11 is 0. The van der Waals surface area contributed by atoms with Crippen molar-refractivity contribution in [1.82, 2.24) is 14.9 Å². The summed E-state index contributed by atoms with van der Waals surface area (Å²) in [6, 6.07) is 2.54. The fourth-order valence-electron chi connectivity index (χ4n) is 3.28. The van der Waals surface area contributed by atoms with Crippen molar-refractivity contribution in [2.75, 3.05) is 38.7 Å². The van der Waals surface area contributed by atoms with Crippen LogP contribution in [-0.2, 0) is 4.74 Å². The molecule has 0 amide bonds. The Hall–Kier alpha value is -1.20. The molecule has 5 heteroatoms. The summed E-state index contributed by atoms with van der Waals surface area (Å²) in [6.07, 6.45) is 4.56. The van der Waals surface area contributed by atoms with Crippen LogP contribution in [0.2, 0.25) is 0 Å². The van der Waals surface area contributed by atoms with E-state index in [9.17, 15) is 0 Å². The smallest absolute Gasteiger partial charge is 0.135 e. The number of likely N-dealkylation sites (tertiary alicyclic amines) is 1. The van der Waals surface area contributed by atoms with Gasteiger partial charge in [-0.15, -0.1) is 0 Å². The molecule has 1 aromatic heterocycles. The minimum Gasteiger partial charge on any atom is -0.381 e. The summed E-state index contributed by atoms with van der Waals surface area (Å²) in [7, 11) is 2.18. The average molecular weight is 290 g/mol. The van der Waals surface area contributed by atoms with Crippen molar-refractivity contribution in [1.29, 1.82) is 0 Å². The Labute approximate surface area is 127 Å². The van der Waals surface area contributed by atoms with E-state index in [0.29, 0.717) is 12.0 Å². The predicted molar refractivity (Wildman–Crippen MR) is 83.7 cm³/mol. The van der Waals surface area contributed by atoms with Crippen LogP contribution in [0.15, 0.2) is 6.07 Å². The van der Waals surface area contributed by atoms with E-state index in [2.05, 4.69) is 35.2 Å². The normalized spacial score (nSPS) is 25.0. The number of rotatable bonds is 3. The molecule has 1 N–H and O–H groups in total. The second kappa shape index (κ2) is 6.71. The SMILES string of the molecule is Cc1cc(NC2CCOCC2)nc([C@H]2CCCN(C)C2)n1. The molecule has 0 aromatic carbocycles. The molecule has 21 heavy (non-hydrogen) atoms. The Morgan fingerprint density at radius 3 is 2.81 bits per heavy atom. The minimum absolute atomic E-state index is 0.471. The first-order chi connectivity index (χ1) is 10.2. The van der Waals surface area contributed by atoms with Gasteiger partial charge >= 0.3 is 0 Å². The fraction of sp³-hybridized carbons (Fsp3) is 0.750. The highest BCUT2D eigenvalue weighted by molar-refractivity contribution is 5.37. The highest BCUT2D eigenvalue weighted by atomic mass is 16.5. The number of hydrogen-bond acceptors (Lipinski definition) is 5. The molecule has 2 saturated heterocycles.